The Morgan fingerprint density at radius 2 is 1.87 bits per heavy atom. The average molecular weight is 231 g/mol. The van der Waals surface area contributed by atoms with E-state index in [4.69, 9.17) is 16.2 Å². The maximum Gasteiger partial charge on any atom is 0.119 e. The Kier molecular flexibility index (Phi) is 7.13. The fourth-order valence-electron chi connectivity index (χ4n) is 1.17. The van der Waals surface area contributed by atoms with Crippen molar-refractivity contribution in [3.63, 3.8) is 0 Å². The van der Waals surface area contributed by atoms with Crippen molar-refractivity contribution in [2.45, 2.75) is 19.4 Å². The first kappa shape index (κ1) is 14.2. The van der Waals surface area contributed by atoms with E-state index in [0.717, 1.165) is 24.3 Å². The molecule has 0 bridgehead atoms. The van der Waals surface area contributed by atoms with Gasteiger partial charge in [0.25, 0.3) is 0 Å². The molecule has 0 heterocycles. The molecule has 0 amide bonds. The summed E-state index contributed by atoms with van der Waals surface area (Å²) in [5, 5.41) is 0. The Hall–Kier alpha value is -0.770. The van der Waals surface area contributed by atoms with E-state index in [9.17, 15) is 0 Å². The Labute approximate surface area is 97.2 Å². The zero-order valence-corrected chi connectivity index (χ0v) is 9.80. The van der Waals surface area contributed by atoms with Crippen molar-refractivity contribution in [3.8, 4) is 5.75 Å². The lowest BCUT2D eigenvalue weighted by molar-refractivity contribution is 0.317. The second-order valence-corrected chi connectivity index (χ2v) is 3.26. The second kappa shape index (κ2) is 7.51. The minimum absolute atomic E-state index is 0. The first-order valence-corrected chi connectivity index (χ1v) is 4.96. The minimum atomic E-state index is -0.0739. The first-order valence-electron chi connectivity index (χ1n) is 4.96. The van der Waals surface area contributed by atoms with Crippen molar-refractivity contribution in [2.75, 3.05) is 13.2 Å². The molecule has 0 radical (unpaired) electrons. The van der Waals surface area contributed by atoms with E-state index < -0.39 is 0 Å². The van der Waals surface area contributed by atoms with Gasteiger partial charge in [-0.25, -0.2) is 0 Å². The van der Waals surface area contributed by atoms with E-state index in [-0.39, 0.29) is 18.4 Å². The van der Waals surface area contributed by atoms with Crippen LogP contribution in [0.1, 0.15) is 24.9 Å². The van der Waals surface area contributed by atoms with Crippen LogP contribution >= 0.6 is 12.4 Å². The molecule has 3 nitrogen and oxygen atoms in total. The Morgan fingerprint density at radius 1 is 1.27 bits per heavy atom. The number of hydrogen-bond donors (Lipinski definition) is 2. The fourth-order valence-corrected chi connectivity index (χ4v) is 1.17. The SMILES string of the molecule is CCCOc1ccc([C@H](N)CN)cc1.Cl. The molecule has 0 aliphatic carbocycles. The summed E-state index contributed by atoms with van der Waals surface area (Å²) < 4.78 is 5.45. The minimum Gasteiger partial charge on any atom is -0.494 e. The lowest BCUT2D eigenvalue weighted by Crippen LogP contribution is -2.20. The standard InChI is InChI=1S/C11H18N2O.ClH/c1-2-7-14-10-5-3-9(4-6-10)11(13)8-12;/h3-6,11H,2,7-8,12-13H2,1H3;1H/t11-;/m1./s1. The van der Waals surface area contributed by atoms with Gasteiger partial charge < -0.3 is 16.2 Å². The third-order valence-electron chi connectivity index (χ3n) is 2.04. The molecular formula is C11H19ClN2O. The van der Waals surface area contributed by atoms with Gasteiger partial charge in [-0.2, -0.15) is 0 Å². The van der Waals surface area contributed by atoms with Gasteiger partial charge in [-0.3, -0.25) is 0 Å². The van der Waals surface area contributed by atoms with Crippen LogP contribution in [0, 0.1) is 0 Å². The van der Waals surface area contributed by atoms with Gasteiger partial charge >= 0.3 is 0 Å². The number of ether oxygens (including phenoxy) is 1. The molecule has 86 valence electrons. The van der Waals surface area contributed by atoms with Gasteiger partial charge in [0.1, 0.15) is 5.75 Å². The van der Waals surface area contributed by atoms with Gasteiger partial charge in [-0.15, -0.1) is 12.4 Å². The third kappa shape index (κ3) is 4.51. The Morgan fingerprint density at radius 3 is 2.33 bits per heavy atom. The fraction of sp³-hybridized carbons (Fsp3) is 0.455. The van der Waals surface area contributed by atoms with E-state index in [2.05, 4.69) is 6.92 Å². The van der Waals surface area contributed by atoms with Gasteiger partial charge in [0.05, 0.1) is 6.61 Å². The molecule has 4 heteroatoms. The van der Waals surface area contributed by atoms with Crippen LogP contribution in [0.4, 0.5) is 0 Å². The van der Waals surface area contributed by atoms with E-state index in [1.807, 2.05) is 24.3 Å². The summed E-state index contributed by atoms with van der Waals surface area (Å²) in [6, 6.07) is 7.71. The molecule has 0 unspecified atom stereocenters. The second-order valence-electron chi connectivity index (χ2n) is 3.26. The van der Waals surface area contributed by atoms with Crippen molar-refractivity contribution in [1.82, 2.24) is 0 Å². The molecule has 0 aromatic heterocycles. The first-order chi connectivity index (χ1) is 6.77. The summed E-state index contributed by atoms with van der Waals surface area (Å²) in [5.41, 5.74) is 12.3. The zero-order chi connectivity index (χ0) is 10.4. The molecule has 4 N–H and O–H groups in total. The van der Waals surface area contributed by atoms with Gasteiger partial charge in [-0.1, -0.05) is 19.1 Å². The summed E-state index contributed by atoms with van der Waals surface area (Å²) >= 11 is 0. The lowest BCUT2D eigenvalue weighted by Gasteiger charge is -2.10. The molecule has 1 aromatic rings. The van der Waals surface area contributed by atoms with E-state index in [0.29, 0.717) is 6.54 Å². The van der Waals surface area contributed by atoms with Crippen LogP contribution in [-0.4, -0.2) is 13.2 Å². The van der Waals surface area contributed by atoms with Gasteiger partial charge in [0.2, 0.25) is 0 Å². The molecule has 0 saturated heterocycles. The molecule has 0 aliphatic rings. The van der Waals surface area contributed by atoms with Gasteiger partial charge in [0.15, 0.2) is 0 Å². The van der Waals surface area contributed by atoms with Crippen LogP contribution in [0.3, 0.4) is 0 Å². The maximum absolute atomic E-state index is 5.78. The molecule has 15 heavy (non-hydrogen) atoms. The summed E-state index contributed by atoms with van der Waals surface area (Å²) in [7, 11) is 0. The van der Waals surface area contributed by atoms with E-state index >= 15 is 0 Å². The highest BCUT2D eigenvalue weighted by molar-refractivity contribution is 5.85. The molecule has 0 spiro atoms. The highest BCUT2D eigenvalue weighted by atomic mass is 35.5. The predicted molar refractivity (Wildman–Crippen MR) is 65.5 cm³/mol. The highest BCUT2D eigenvalue weighted by Crippen LogP contribution is 2.15. The lowest BCUT2D eigenvalue weighted by atomic mass is 10.1. The van der Waals surface area contributed by atoms with Crippen LogP contribution in [0.2, 0.25) is 0 Å². The Bertz CT molecular complexity index is 264. The molecule has 0 fully saturated rings. The van der Waals surface area contributed by atoms with Crippen LogP contribution in [0.5, 0.6) is 5.75 Å². The average Bonchev–Trinajstić information content (AvgIpc) is 2.26. The maximum atomic E-state index is 5.78. The van der Waals surface area contributed by atoms with Crippen molar-refractivity contribution >= 4 is 12.4 Å². The van der Waals surface area contributed by atoms with Crippen LogP contribution in [0.25, 0.3) is 0 Å². The summed E-state index contributed by atoms with van der Waals surface area (Å²) in [4.78, 5) is 0. The van der Waals surface area contributed by atoms with Crippen molar-refractivity contribution in [3.05, 3.63) is 29.8 Å². The predicted octanol–water partition coefficient (Wildman–Crippen LogP) is 1.86. The summed E-state index contributed by atoms with van der Waals surface area (Å²) in [5.74, 6) is 0.889. The van der Waals surface area contributed by atoms with Crippen LogP contribution < -0.4 is 16.2 Å². The number of nitrogens with two attached hydrogens (primary N) is 2. The van der Waals surface area contributed by atoms with Gasteiger partial charge in [-0.05, 0) is 24.1 Å². The van der Waals surface area contributed by atoms with Crippen LogP contribution in [0.15, 0.2) is 24.3 Å². The smallest absolute Gasteiger partial charge is 0.119 e. The summed E-state index contributed by atoms with van der Waals surface area (Å²) in [6.07, 6.45) is 1.02. The largest absolute Gasteiger partial charge is 0.494 e. The third-order valence-corrected chi connectivity index (χ3v) is 2.04. The zero-order valence-electron chi connectivity index (χ0n) is 8.98. The number of rotatable bonds is 5. The monoisotopic (exact) mass is 230 g/mol. The van der Waals surface area contributed by atoms with Gasteiger partial charge in [0, 0.05) is 12.6 Å². The quantitative estimate of drug-likeness (QED) is 0.812. The van der Waals surface area contributed by atoms with Crippen molar-refractivity contribution in [2.24, 2.45) is 11.5 Å². The molecule has 1 atom stereocenters. The normalized spacial score (nSPS) is 11.7. The molecule has 0 aliphatic heterocycles. The van der Waals surface area contributed by atoms with E-state index in [1.54, 1.807) is 0 Å². The van der Waals surface area contributed by atoms with E-state index in [1.165, 1.54) is 0 Å². The molecule has 0 saturated carbocycles. The number of halogens is 1. The summed E-state index contributed by atoms with van der Waals surface area (Å²) in [6.45, 7) is 3.30. The molecule has 1 aromatic carbocycles. The molecular weight excluding hydrogens is 212 g/mol. The van der Waals surface area contributed by atoms with Crippen LogP contribution in [-0.2, 0) is 0 Å². The van der Waals surface area contributed by atoms with Crippen molar-refractivity contribution in [1.29, 1.82) is 0 Å². The number of hydrogen-bond acceptors (Lipinski definition) is 3. The molecule has 1 rings (SSSR count). The topological polar surface area (TPSA) is 61.3 Å². The highest BCUT2D eigenvalue weighted by Gasteiger charge is 2.02. The Balaban J connectivity index is 0.00000196. The van der Waals surface area contributed by atoms with Crippen molar-refractivity contribution < 1.29 is 4.74 Å². The number of benzene rings is 1.